The highest BCUT2D eigenvalue weighted by Crippen LogP contribution is 2.08. The van der Waals surface area contributed by atoms with Gasteiger partial charge in [-0.15, -0.1) is 0 Å². The molecule has 0 atom stereocenters. The highest BCUT2D eigenvalue weighted by atomic mass is 19.0. The van der Waals surface area contributed by atoms with E-state index in [9.17, 15) is 9.59 Å². The molecule has 0 fully saturated rings. The van der Waals surface area contributed by atoms with E-state index in [4.69, 9.17) is 10.2 Å². The van der Waals surface area contributed by atoms with Gasteiger partial charge in [0.25, 0.3) is 0 Å². The largest absolute Gasteiger partial charge is 1.00 e. The van der Waals surface area contributed by atoms with Crippen LogP contribution in [0.2, 0.25) is 0 Å². The first-order valence-electron chi connectivity index (χ1n) is 5.61. The number of carbonyl (C=O) groups is 2. The summed E-state index contributed by atoms with van der Waals surface area (Å²) in [6.07, 6.45) is 3.17. The fraction of sp³-hybridized carbons (Fsp3) is 0.0714. The number of aromatic carboxylic acids is 2. The smallest absolute Gasteiger partial charge is 0.341 e. The molecule has 104 valence electrons. The number of aromatic nitrogens is 1. The van der Waals surface area contributed by atoms with Gasteiger partial charge in [-0.2, -0.15) is 4.57 Å². The van der Waals surface area contributed by atoms with Crippen LogP contribution in [0.15, 0.2) is 48.8 Å². The van der Waals surface area contributed by atoms with E-state index in [0.29, 0.717) is 12.1 Å². The van der Waals surface area contributed by atoms with Crippen LogP contribution in [-0.2, 0) is 6.54 Å². The molecule has 0 amide bonds. The van der Waals surface area contributed by atoms with Crippen LogP contribution in [0.1, 0.15) is 26.3 Å². The lowest BCUT2D eigenvalue weighted by molar-refractivity contribution is -0.688. The average molecular weight is 277 g/mol. The number of hydrogen-bond donors (Lipinski definition) is 2. The fourth-order valence-electron chi connectivity index (χ4n) is 1.81. The lowest BCUT2D eigenvalue weighted by atomic mass is 10.1. The number of halogens is 1. The number of rotatable bonds is 4. The number of benzene rings is 1. The van der Waals surface area contributed by atoms with Gasteiger partial charge in [-0.05, 0) is 12.1 Å². The zero-order valence-corrected chi connectivity index (χ0v) is 10.4. The summed E-state index contributed by atoms with van der Waals surface area (Å²) in [4.78, 5) is 22.0. The van der Waals surface area contributed by atoms with Gasteiger partial charge in [0.15, 0.2) is 18.9 Å². The number of pyridine rings is 1. The van der Waals surface area contributed by atoms with Crippen molar-refractivity contribution in [2.24, 2.45) is 0 Å². The molecule has 0 radical (unpaired) electrons. The predicted molar refractivity (Wildman–Crippen MR) is 66.1 cm³/mol. The van der Waals surface area contributed by atoms with Crippen molar-refractivity contribution in [3.05, 3.63) is 65.5 Å². The standard InChI is InChI=1S/C14H11NO4.FH/c16-13(17)11-5-3-7-15(9-11)8-10-4-1-2-6-12(10)14(18)19;/h1-7,9H,8H2,(H-,16,17,18,19);1H. The van der Waals surface area contributed by atoms with Crippen LogP contribution in [0.5, 0.6) is 0 Å². The molecule has 0 unspecified atom stereocenters. The third-order valence-electron chi connectivity index (χ3n) is 2.71. The summed E-state index contributed by atoms with van der Waals surface area (Å²) in [7, 11) is 0. The van der Waals surface area contributed by atoms with E-state index in [1.807, 2.05) is 0 Å². The van der Waals surface area contributed by atoms with Crippen molar-refractivity contribution in [3.63, 3.8) is 0 Å². The molecule has 2 rings (SSSR count). The highest BCUT2D eigenvalue weighted by molar-refractivity contribution is 5.89. The van der Waals surface area contributed by atoms with Gasteiger partial charge < -0.3 is 14.9 Å². The summed E-state index contributed by atoms with van der Waals surface area (Å²) in [5, 5.41) is 18.0. The van der Waals surface area contributed by atoms with Gasteiger partial charge in [-0.1, -0.05) is 18.2 Å². The Hall–Kier alpha value is -2.76. The van der Waals surface area contributed by atoms with Crippen molar-refractivity contribution in [1.82, 2.24) is 0 Å². The molecule has 0 saturated carbocycles. The average Bonchev–Trinajstić information content (AvgIpc) is 2.39. The maximum Gasteiger partial charge on any atom is 0.341 e. The highest BCUT2D eigenvalue weighted by Gasteiger charge is 2.14. The first-order valence-corrected chi connectivity index (χ1v) is 5.61. The Morgan fingerprint density at radius 3 is 2.35 bits per heavy atom. The van der Waals surface area contributed by atoms with E-state index in [0.717, 1.165) is 0 Å². The van der Waals surface area contributed by atoms with Gasteiger partial charge in [0.1, 0.15) is 5.56 Å². The first-order chi connectivity index (χ1) is 9.08. The second-order valence-corrected chi connectivity index (χ2v) is 4.03. The number of carboxylic acid groups (broad SMARTS) is 2. The summed E-state index contributed by atoms with van der Waals surface area (Å²) in [5.41, 5.74) is 1.01. The zero-order chi connectivity index (χ0) is 13.8. The molecule has 1 aromatic heterocycles. The molecule has 0 bridgehead atoms. The topological polar surface area (TPSA) is 78.5 Å². The predicted octanol–water partition coefficient (Wildman–Crippen LogP) is -1.58. The van der Waals surface area contributed by atoms with Crippen LogP contribution >= 0.6 is 0 Å². The maximum atomic E-state index is 11.1. The van der Waals surface area contributed by atoms with E-state index in [1.165, 1.54) is 18.3 Å². The van der Waals surface area contributed by atoms with E-state index in [-0.39, 0.29) is 15.8 Å². The minimum Gasteiger partial charge on any atom is -1.00 e. The van der Waals surface area contributed by atoms with Gasteiger partial charge >= 0.3 is 11.9 Å². The maximum absolute atomic E-state index is 11.1. The van der Waals surface area contributed by atoms with Crippen LogP contribution in [0.3, 0.4) is 0 Å². The van der Waals surface area contributed by atoms with Crippen LogP contribution in [-0.4, -0.2) is 22.2 Å². The Morgan fingerprint density at radius 1 is 1.00 bits per heavy atom. The van der Waals surface area contributed by atoms with Gasteiger partial charge in [-0.25, -0.2) is 9.59 Å². The number of carboxylic acids is 2. The molecule has 1 aromatic carbocycles. The van der Waals surface area contributed by atoms with Crippen LogP contribution in [0.4, 0.5) is 0 Å². The summed E-state index contributed by atoms with van der Waals surface area (Å²) in [6, 6.07) is 9.76. The molecule has 2 aromatic rings. The second-order valence-electron chi connectivity index (χ2n) is 4.03. The summed E-state index contributed by atoms with van der Waals surface area (Å²) < 4.78 is 1.64. The molecular formula is C14H12FNO4. The lowest BCUT2D eigenvalue weighted by Gasteiger charge is -2.03. The van der Waals surface area contributed by atoms with Crippen LogP contribution in [0, 0.1) is 0 Å². The monoisotopic (exact) mass is 277 g/mol. The van der Waals surface area contributed by atoms with E-state index < -0.39 is 11.9 Å². The molecule has 0 aliphatic carbocycles. The van der Waals surface area contributed by atoms with Gasteiger partial charge in [0, 0.05) is 11.6 Å². The minimum absolute atomic E-state index is 0. The number of nitrogens with zero attached hydrogens (tertiary/aromatic N) is 1. The van der Waals surface area contributed by atoms with Gasteiger partial charge in [0.05, 0.1) is 5.56 Å². The quantitative estimate of drug-likeness (QED) is 0.661. The Bertz CT molecular complexity index is 643. The lowest BCUT2D eigenvalue weighted by Crippen LogP contribution is -3.00. The van der Waals surface area contributed by atoms with Crippen LogP contribution < -0.4 is 9.27 Å². The molecule has 0 spiro atoms. The van der Waals surface area contributed by atoms with E-state index in [1.54, 1.807) is 35.0 Å². The zero-order valence-electron chi connectivity index (χ0n) is 10.4. The third-order valence-corrected chi connectivity index (χ3v) is 2.71. The van der Waals surface area contributed by atoms with Crippen molar-refractivity contribution in [3.8, 4) is 0 Å². The third kappa shape index (κ3) is 3.38. The Kier molecular flexibility index (Phi) is 4.91. The van der Waals surface area contributed by atoms with E-state index >= 15 is 0 Å². The van der Waals surface area contributed by atoms with Crippen LogP contribution in [0.25, 0.3) is 0 Å². The molecule has 0 aliphatic heterocycles. The number of hydrogen-bond acceptors (Lipinski definition) is 2. The minimum atomic E-state index is -1.01. The molecule has 5 nitrogen and oxygen atoms in total. The molecule has 6 heteroatoms. The first kappa shape index (κ1) is 15.3. The molecular weight excluding hydrogens is 265 g/mol. The Labute approximate surface area is 114 Å². The van der Waals surface area contributed by atoms with Crippen molar-refractivity contribution >= 4 is 11.9 Å². The Balaban J connectivity index is 0.00000200. The normalized spacial score (nSPS) is 9.60. The molecule has 2 N–H and O–H groups in total. The summed E-state index contributed by atoms with van der Waals surface area (Å²) in [6.45, 7) is 0.309. The van der Waals surface area contributed by atoms with Gasteiger partial charge in [0.2, 0.25) is 0 Å². The Morgan fingerprint density at radius 2 is 1.70 bits per heavy atom. The molecule has 0 saturated heterocycles. The van der Waals surface area contributed by atoms with Crippen molar-refractivity contribution < 1.29 is 29.1 Å². The van der Waals surface area contributed by atoms with Crippen molar-refractivity contribution in [2.45, 2.75) is 6.54 Å². The summed E-state index contributed by atoms with van der Waals surface area (Å²) in [5.74, 6) is -2.01. The molecule has 1 heterocycles. The molecule has 20 heavy (non-hydrogen) atoms. The fourth-order valence-corrected chi connectivity index (χ4v) is 1.81. The van der Waals surface area contributed by atoms with Crippen molar-refractivity contribution in [2.75, 3.05) is 0 Å². The van der Waals surface area contributed by atoms with Gasteiger partial charge in [-0.3, -0.25) is 0 Å². The van der Waals surface area contributed by atoms with E-state index in [2.05, 4.69) is 0 Å². The van der Waals surface area contributed by atoms with Crippen molar-refractivity contribution in [1.29, 1.82) is 0 Å². The SMILES string of the molecule is O=C(O)c1ccc[n+](Cc2ccccc2C(=O)O)c1.[F-]. The summed E-state index contributed by atoms with van der Waals surface area (Å²) >= 11 is 0. The second kappa shape index (κ2) is 6.42. The molecule has 0 aliphatic rings.